The van der Waals surface area contributed by atoms with Gasteiger partial charge in [0.1, 0.15) is 0 Å². The molecular weight excluding hydrogens is 338 g/mol. The Bertz CT molecular complexity index is 859. The van der Waals surface area contributed by atoms with Crippen LogP contribution in [-0.2, 0) is 5.75 Å². The predicted octanol–water partition coefficient (Wildman–Crippen LogP) is 5.78. The van der Waals surface area contributed by atoms with E-state index in [1.165, 1.54) is 11.1 Å². The van der Waals surface area contributed by atoms with E-state index in [1.807, 2.05) is 49.4 Å². The van der Waals surface area contributed by atoms with Gasteiger partial charge in [-0.2, -0.15) is 0 Å². The molecule has 0 unspecified atom stereocenters. The average molecular weight is 362 g/mol. The van der Waals surface area contributed by atoms with Crippen molar-refractivity contribution in [3.8, 4) is 0 Å². The molecule has 1 atom stereocenters. The van der Waals surface area contributed by atoms with Gasteiger partial charge in [-0.25, -0.2) is 0 Å². The maximum Gasteiger partial charge on any atom is 0.252 e. The van der Waals surface area contributed by atoms with Crippen LogP contribution in [0.5, 0.6) is 0 Å². The highest BCUT2D eigenvalue weighted by molar-refractivity contribution is 7.98. The summed E-state index contributed by atoms with van der Waals surface area (Å²) in [5, 5.41) is 3.12. The number of aryl methyl sites for hydroxylation is 1. The van der Waals surface area contributed by atoms with Gasteiger partial charge >= 0.3 is 0 Å². The minimum absolute atomic E-state index is 0.0321. The second-order valence-electron chi connectivity index (χ2n) is 6.38. The van der Waals surface area contributed by atoms with Gasteiger partial charge in [0.25, 0.3) is 5.91 Å². The number of thioether (sulfide) groups is 1. The third-order valence-corrected chi connectivity index (χ3v) is 5.44. The molecule has 1 amide bonds. The molecule has 0 heterocycles. The Morgan fingerprint density at radius 2 is 1.58 bits per heavy atom. The van der Waals surface area contributed by atoms with E-state index in [0.717, 1.165) is 21.8 Å². The summed E-state index contributed by atoms with van der Waals surface area (Å²) in [4.78, 5) is 13.8. The molecular formula is C23H23NOS. The van der Waals surface area contributed by atoms with Gasteiger partial charge in [-0.05, 0) is 37.1 Å². The second-order valence-corrected chi connectivity index (χ2v) is 7.39. The van der Waals surface area contributed by atoms with Crippen molar-refractivity contribution >= 4 is 17.7 Å². The Labute approximate surface area is 159 Å². The van der Waals surface area contributed by atoms with Crippen molar-refractivity contribution < 1.29 is 4.79 Å². The summed E-state index contributed by atoms with van der Waals surface area (Å²) in [6, 6.07) is 26.3. The van der Waals surface area contributed by atoms with E-state index in [0.29, 0.717) is 0 Å². The van der Waals surface area contributed by atoms with Crippen LogP contribution in [0, 0.1) is 6.92 Å². The van der Waals surface area contributed by atoms with Crippen molar-refractivity contribution in [3.63, 3.8) is 0 Å². The zero-order valence-corrected chi connectivity index (χ0v) is 15.9. The van der Waals surface area contributed by atoms with E-state index in [-0.39, 0.29) is 11.9 Å². The van der Waals surface area contributed by atoms with E-state index >= 15 is 0 Å². The van der Waals surface area contributed by atoms with Gasteiger partial charge in [-0.3, -0.25) is 4.79 Å². The van der Waals surface area contributed by atoms with Gasteiger partial charge in [0.05, 0.1) is 11.6 Å². The van der Waals surface area contributed by atoms with E-state index in [9.17, 15) is 4.79 Å². The molecule has 0 spiro atoms. The molecule has 0 bridgehead atoms. The van der Waals surface area contributed by atoms with Gasteiger partial charge < -0.3 is 5.32 Å². The zero-order chi connectivity index (χ0) is 18.4. The molecule has 2 nitrogen and oxygen atoms in total. The van der Waals surface area contributed by atoms with Gasteiger partial charge in [-0.1, -0.05) is 72.3 Å². The van der Waals surface area contributed by atoms with Crippen LogP contribution < -0.4 is 5.32 Å². The highest BCUT2D eigenvalue weighted by Gasteiger charge is 2.15. The summed E-state index contributed by atoms with van der Waals surface area (Å²) in [6.07, 6.45) is 0. The third-order valence-electron chi connectivity index (χ3n) is 4.29. The number of carbonyl (C=O) groups excluding carboxylic acids is 1. The van der Waals surface area contributed by atoms with Crippen molar-refractivity contribution in [1.29, 1.82) is 0 Å². The normalized spacial score (nSPS) is 11.8. The molecule has 3 aromatic carbocycles. The van der Waals surface area contributed by atoms with Crippen molar-refractivity contribution in [2.45, 2.75) is 30.5 Å². The molecule has 26 heavy (non-hydrogen) atoms. The van der Waals surface area contributed by atoms with Crippen molar-refractivity contribution in [2.24, 2.45) is 0 Å². The van der Waals surface area contributed by atoms with Crippen molar-refractivity contribution in [1.82, 2.24) is 5.32 Å². The third kappa shape index (κ3) is 4.77. The maximum absolute atomic E-state index is 12.8. The standard InChI is InChI=1S/C23H23NOS/c1-17-12-14-20(15-13-17)18(2)24-23(25)21-10-6-7-11-22(21)26-16-19-8-4-3-5-9-19/h3-15,18H,16H2,1-2H3,(H,24,25)/t18-/m1/s1. The molecule has 132 valence electrons. The van der Waals surface area contributed by atoms with E-state index < -0.39 is 0 Å². The Morgan fingerprint density at radius 1 is 0.923 bits per heavy atom. The Morgan fingerprint density at radius 3 is 2.31 bits per heavy atom. The first-order valence-electron chi connectivity index (χ1n) is 8.76. The topological polar surface area (TPSA) is 29.1 Å². The number of hydrogen-bond acceptors (Lipinski definition) is 2. The van der Waals surface area contributed by atoms with Gasteiger partial charge in [0.2, 0.25) is 0 Å². The molecule has 3 rings (SSSR count). The van der Waals surface area contributed by atoms with E-state index in [2.05, 4.69) is 48.6 Å². The lowest BCUT2D eigenvalue weighted by atomic mass is 10.1. The van der Waals surface area contributed by atoms with Crippen LogP contribution in [-0.4, -0.2) is 5.91 Å². The highest BCUT2D eigenvalue weighted by Crippen LogP contribution is 2.27. The van der Waals surface area contributed by atoms with Crippen LogP contribution in [0.4, 0.5) is 0 Å². The summed E-state index contributed by atoms with van der Waals surface area (Å²) in [5.41, 5.74) is 4.31. The predicted molar refractivity (Wildman–Crippen MR) is 110 cm³/mol. The maximum atomic E-state index is 12.8. The minimum atomic E-state index is -0.0331. The summed E-state index contributed by atoms with van der Waals surface area (Å²) in [6.45, 7) is 4.08. The second kappa shape index (κ2) is 8.72. The molecule has 0 aromatic heterocycles. The van der Waals surface area contributed by atoms with Crippen molar-refractivity contribution in [2.75, 3.05) is 0 Å². The van der Waals surface area contributed by atoms with Crippen LogP contribution in [0.2, 0.25) is 0 Å². The fourth-order valence-electron chi connectivity index (χ4n) is 2.73. The molecule has 0 aliphatic heterocycles. The summed E-state index contributed by atoms with van der Waals surface area (Å²) < 4.78 is 0. The summed E-state index contributed by atoms with van der Waals surface area (Å²) >= 11 is 1.69. The largest absolute Gasteiger partial charge is 0.345 e. The molecule has 3 aromatic rings. The van der Waals surface area contributed by atoms with Crippen LogP contribution in [0.3, 0.4) is 0 Å². The molecule has 0 radical (unpaired) electrons. The fourth-order valence-corrected chi connectivity index (χ4v) is 3.73. The molecule has 0 saturated carbocycles. The van der Waals surface area contributed by atoms with Gasteiger partial charge in [0.15, 0.2) is 0 Å². The van der Waals surface area contributed by atoms with Crippen LogP contribution in [0.15, 0.2) is 83.8 Å². The molecule has 1 N–H and O–H groups in total. The number of rotatable bonds is 6. The van der Waals surface area contributed by atoms with Crippen molar-refractivity contribution in [3.05, 3.63) is 101 Å². The Kier molecular flexibility index (Phi) is 6.13. The summed E-state index contributed by atoms with van der Waals surface area (Å²) in [7, 11) is 0. The Hall–Kier alpha value is -2.52. The quantitative estimate of drug-likeness (QED) is 0.564. The zero-order valence-electron chi connectivity index (χ0n) is 15.1. The SMILES string of the molecule is Cc1ccc([C@@H](C)NC(=O)c2ccccc2SCc2ccccc2)cc1. The lowest BCUT2D eigenvalue weighted by Gasteiger charge is -2.16. The van der Waals surface area contributed by atoms with Crippen LogP contribution >= 0.6 is 11.8 Å². The van der Waals surface area contributed by atoms with Gasteiger partial charge in [-0.15, -0.1) is 11.8 Å². The van der Waals surface area contributed by atoms with Crippen LogP contribution in [0.25, 0.3) is 0 Å². The van der Waals surface area contributed by atoms with E-state index in [4.69, 9.17) is 0 Å². The molecule has 3 heteroatoms. The number of nitrogens with one attached hydrogen (secondary N) is 1. The molecule has 0 fully saturated rings. The number of benzene rings is 3. The molecule has 0 aliphatic carbocycles. The monoisotopic (exact) mass is 361 g/mol. The van der Waals surface area contributed by atoms with Crippen LogP contribution in [0.1, 0.15) is 40.0 Å². The number of amides is 1. The lowest BCUT2D eigenvalue weighted by molar-refractivity contribution is 0.0937. The number of hydrogen-bond donors (Lipinski definition) is 1. The highest BCUT2D eigenvalue weighted by atomic mass is 32.2. The smallest absolute Gasteiger partial charge is 0.252 e. The Balaban J connectivity index is 1.70. The first kappa shape index (κ1) is 18.3. The number of carbonyl (C=O) groups is 1. The summed E-state index contributed by atoms with van der Waals surface area (Å²) in [5.74, 6) is 0.813. The minimum Gasteiger partial charge on any atom is -0.345 e. The van der Waals surface area contributed by atoms with E-state index in [1.54, 1.807) is 11.8 Å². The lowest BCUT2D eigenvalue weighted by Crippen LogP contribution is -2.27. The first-order chi connectivity index (χ1) is 12.6. The first-order valence-corrected chi connectivity index (χ1v) is 9.75. The molecule has 0 saturated heterocycles. The fraction of sp³-hybridized carbons (Fsp3) is 0.174. The molecule has 0 aliphatic rings. The average Bonchev–Trinajstić information content (AvgIpc) is 2.68. The van der Waals surface area contributed by atoms with Gasteiger partial charge in [0, 0.05) is 10.6 Å².